The molecule has 0 saturated heterocycles. The highest BCUT2D eigenvalue weighted by Gasteiger charge is 2.18. The Labute approximate surface area is 140 Å². The first-order chi connectivity index (χ1) is 11.5. The third-order valence-electron chi connectivity index (χ3n) is 3.23. The number of carbonyl (C=O) groups is 1. The Hall–Kier alpha value is -3.13. The van der Waals surface area contributed by atoms with Gasteiger partial charge in [-0.15, -0.1) is 11.3 Å². The summed E-state index contributed by atoms with van der Waals surface area (Å²) in [4.78, 5) is 31.2. The molecule has 1 aromatic carbocycles. The Kier molecular flexibility index (Phi) is 4.30. The second-order valence-electron chi connectivity index (χ2n) is 4.94. The minimum absolute atomic E-state index is 0.0823. The number of phenols is 1. The highest BCUT2D eigenvalue weighted by molar-refractivity contribution is 7.13. The highest BCUT2D eigenvalue weighted by Crippen LogP contribution is 2.21. The number of benzene rings is 1. The monoisotopic (exact) mass is 343 g/mol. The van der Waals surface area contributed by atoms with E-state index >= 15 is 0 Å². The topological polar surface area (TPSA) is 115 Å². The standard InChI is InChI=1S/C16H13N3O4S/c20-10-4-1-3-9(7-10)8-17-15(22)12-13(21)16(23)19-14(18-12)11-5-2-6-24-11/h1-7,20-21H,8H2,(H,17,22)(H,18,19,23). The third-order valence-corrected chi connectivity index (χ3v) is 4.10. The number of hydrogen-bond acceptors (Lipinski definition) is 6. The minimum Gasteiger partial charge on any atom is -0.508 e. The molecule has 0 radical (unpaired) electrons. The van der Waals surface area contributed by atoms with Crippen molar-refractivity contribution < 1.29 is 15.0 Å². The number of thiophene rings is 1. The van der Waals surface area contributed by atoms with E-state index in [4.69, 9.17) is 0 Å². The SMILES string of the molecule is O=C(NCc1cccc(O)c1)c1nc(-c2cccs2)[nH]c(=O)c1O. The van der Waals surface area contributed by atoms with Gasteiger partial charge in [-0.25, -0.2) is 4.98 Å². The first-order valence-electron chi connectivity index (χ1n) is 6.98. The molecule has 0 bridgehead atoms. The number of H-pyrrole nitrogens is 1. The van der Waals surface area contributed by atoms with Gasteiger partial charge in [0.25, 0.3) is 11.5 Å². The maximum atomic E-state index is 12.3. The first-order valence-corrected chi connectivity index (χ1v) is 7.86. The van der Waals surface area contributed by atoms with Gasteiger partial charge in [0.15, 0.2) is 11.5 Å². The van der Waals surface area contributed by atoms with E-state index in [-0.39, 0.29) is 23.8 Å². The number of carbonyl (C=O) groups excluding carboxylic acids is 1. The molecule has 8 heteroatoms. The van der Waals surface area contributed by atoms with E-state index in [1.54, 1.807) is 24.3 Å². The van der Waals surface area contributed by atoms with Crippen molar-refractivity contribution in [1.82, 2.24) is 15.3 Å². The zero-order valence-electron chi connectivity index (χ0n) is 12.3. The van der Waals surface area contributed by atoms with Crippen molar-refractivity contribution in [2.75, 3.05) is 0 Å². The molecule has 0 atom stereocenters. The van der Waals surface area contributed by atoms with Gasteiger partial charge in [0.2, 0.25) is 5.75 Å². The van der Waals surface area contributed by atoms with Crippen LogP contribution in [-0.2, 0) is 6.54 Å². The van der Waals surface area contributed by atoms with Crippen LogP contribution >= 0.6 is 11.3 Å². The predicted molar refractivity (Wildman–Crippen MR) is 89.1 cm³/mol. The zero-order chi connectivity index (χ0) is 17.1. The Bertz CT molecular complexity index is 935. The van der Waals surface area contributed by atoms with Crippen LogP contribution in [-0.4, -0.2) is 26.1 Å². The summed E-state index contributed by atoms with van der Waals surface area (Å²) in [6.07, 6.45) is 0. The van der Waals surface area contributed by atoms with Gasteiger partial charge < -0.3 is 20.5 Å². The highest BCUT2D eigenvalue weighted by atomic mass is 32.1. The van der Waals surface area contributed by atoms with Gasteiger partial charge in [0.1, 0.15) is 5.75 Å². The lowest BCUT2D eigenvalue weighted by Crippen LogP contribution is -2.26. The summed E-state index contributed by atoms with van der Waals surface area (Å²) in [7, 11) is 0. The number of aromatic amines is 1. The van der Waals surface area contributed by atoms with Gasteiger partial charge in [-0.05, 0) is 29.1 Å². The fourth-order valence-electron chi connectivity index (χ4n) is 2.09. The Morgan fingerprint density at radius 1 is 1.25 bits per heavy atom. The maximum absolute atomic E-state index is 12.3. The van der Waals surface area contributed by atoms with Crippen LogP contribution in [0.15, 0.2) is 46.6 Å². The lowest BCUT2D eigenvalue weighted by Gasteiger charge is -2.07. The van der Waals surface area contributed by atoms with Gasteiger partial charge in [-0.2, -0.15) is 0 Å². The second kappa shape index (κ2) is 6.55. The number of aromatic hydroxyl groups is 2. The molecule has 0 aliphatic heterocycles. The van der Waals surface area contributed by atoms with E-state index < -0.39 is 17.2 Å². The molecule has 1 amide bonds. The summed E-state index contributed by atoms with van der Waals surface area (Å²) in [5.74, 6) is -1.11. The maximum Gasteiger partial charge on any atom is 0.294 e. The number of rotatable bonds is 4. The third kappa shape index (κ3) is 3.28. The fourth-order valence-corrected chi connectivity index (χ4v) is 2.76. The molecule has 7 nitrogen and oxygen atoms in total. The predicted octanol–water partition coefficient (Wildman–Crippen LogP) is 1.84. The van der Waals surface area contributed by atoms with Gasteiger partial charge in [-0.3, -0.25) is 9.59 Å². The van der Waals surface area contributed by atoms with E-state index in [0.717, 1.165) is 0 Å². The number of nitrogens with one attached hydrogen (secondary N) is 2. The average Bonchev–Trinajstić information content (AvgIpc) is 3.09. The lowest BCUT2D eigenvalue weighted by atomic mass is 10.2. The van der Waals surface area contributed by atoms with Gasteiger partial charge in [-0.1, -0.05) is 18.2 Å². The van der Waals surface area contributed by atoms with Gasteiger partial charge in [0.05, 0.1) is 4.88 Å². The summed E-state index contributed by atoms with van der Waals surface area (Å²) < 4.78 is 0. The Morgan fingerprint density at radius 2 is 2.08 bits per heavy atom. The molecule has 122 valence electrons. The molecule has 0 aliphatic carbocycles. The van der Waals surface area contributed by atoms with Crippen LogP contribution < -0.4 is 10.9 Å². The molecule has 4 N–H and O–H groups in total. The Balaban J connectivity index is 1.85. The molecule has 0 unspecified atom stereocenters. The van der Waals surface area contributed by atoms with Crippen molar-refractivity contribution in [3.05, 3.63) is 63.4 Å². The zero-order valence-corrected chi connectivity index (χ0v) is 13.1. The van der Waals surface area contributed by atoms with Crippen LogP contribution in [0.25, 0.3) is 10.7 Å². The molecular formula is C16H13N3O4S. The number of aromatic nitrogens is 2. The van der Waals surface area contributed by atoms with Crippen molar-refractivity contribution in [3.8, 4) is 22.2 Å². The van der Waals surface area contributed by atoms with Crippen molar-refractivity contribution in [3.63, 3.8) is 0 Å². The van der Waals surface area contributed by atoms with Crippen LogP contribution in [0.4, 0.5) is 0 Å². The van der Waals surface area contributed by atoms with Crippen molar-refractivity contribution in [2.45, 2.75) is 6.54 Å². The average molecular weight is 343 g/mol. The lowest BCUT2D eigenvalue weighted by molar-refractivity contribution is 0.0942. The largest absolute Gasteiger partial charge is 0.508 e. The molecule has 2 aromatic heterocycles. The molecular weight excluding hydrogens is 330 g/mol. The summed E-state index contributed by atoms with van der Waals surface area (Å²) in [6, 6.07) is 9.92. The molecule has 3 rings (SSSR count). The van der Waals surface area contributed by atoms with E-state index in [9.17, 15) is 19.8 Å². The van der Waals surface area contributed by atoms with Crippen molar-refractivity contribution in [2.24, 2.45) is 0 Å². The first kappa shape index (κ1) is 15.8. The van der Waals surface area contributed by atoms with Crippen molar-refractivity contribution in [1.29, 1.82) is 0 Å². The number of phenolic OH excluding ortho intramolecular Hbond substituents is 1. The van der Waals surface area contributed by atoms with Crippen LogP contribution in [0.5, 0.6) is 11.5 Å². The molecule has 0 spiro atoms. The van der Waals surface area contributed by atoms with Gasteiger partial charge in [0, 0.05) is 6.54 Å². The van der Waals surface area contributed by atoms with E-state index in [0.29, 0.717) is 10.4 Å². The Morgan fingerprint density at radius 3 is 2.79 bits per heavy atom. The van der Waals surface area contributed by atoms with Gasteiger partial charge >= 0.3 is 0 Å². The van der Waals surface area contributed by atoms with Crippen LogP contribution in [0, 0.1) is 0 Å². The van der Waals surface area contributed by atoms with E-state index in [1.807, 2.05) is 5.38 Å². The number of nitrogens with zero attached hydrogens (tertiary/aromatic N) is 1. The summed E-state index contributed by atoms with van der Waals surface area (Å²) in [5, 5.41) is 23.6. The quantitative estimate of drug-likeness (QED) is 0.577. The molecule has 24 heavy (non-hydrogen) atoms. The smallest absolute Gasteiger partial charge is 0.294 e. The van der Waals surface area contributed by atoms with E-state index in [2.05, 4.69) is 15.3 Å². The minimum atomic E-state index is -0.782. The van der Waals surface area contributed by atoms with Crippen LogP contribution in [0.3, 0.4) is 0 Å². The van der Waals surface area contributed by atoms with Crippen LogP contribution in [0.1, 0.15) is 16.1 Å². The van der Waals surface area contributed by atoms with Crippen molar-refractivity contribution >= 4 is 17.2 Å². The second-order valence-corrected chi connectivity index (χ2v) is 5.89. The molecule has 0 fully saturated rings. The summed E-state index contributed by atoms with van der Waals surface area (Å²) in [5.41, 5.74) is -0.454. The molecule has 3 aromatic rings. The normalized spacial score (nSPS) is 10.5. The molecule has 0 saturated carbocycles. The summed E-state index contributed by atoms with van der Waals surface area (Å²) >= 11 is 1.35. The summed E-state index contributed by atoms with van der Waals surface area (Å²) in [6.45, 7) is 0.121. The number of amides is 1. The molecule has 0 aliphatic rings. The molecule has 2 heterocycles. The number of hydrogen-bond donors (Lipinski definition) is 4. The van der Waals surface area contributed by atoms with E-state index in [1.165, 1.54) is 23.5 Å². The fraction of sp³-hybridized carbons (Fsp3) is 0.0625. The van der Waals surface area contributed by atoms with Crippen LogP contribution in [0.2, 0.25) is 0 Å².